The van der Waals surface area contributed by atoms with Crippen molar-refractivity contribution < 1.29 is 0 Å². The van der Waals surface area contributed by atoms with E-state index in [1.54, 1.807) is 29.5 Å². The fourth-order valence-electron chi connectivity index (χ4n) is 2.62. The summed E-state index contributed by atoms with van der Waals surface area (Å²) in [6, 6.07) is 3.95. The quantitative estimate of drug-likeness (QED) is 0.784. The SMILES string of the molecule is CC(C)c1c(CCc2cccnc2)nc(-n2ccnc2)[nH]c1=O. The Morgan fingerprint density at radius 1 is 1.22 bits per heavy atom. The number of aryl methyl sites for hydroxylation is 2. The molecule has 0 bridgehead atoms. The summed E-state index contributed by atoms with van der Waals surface area (Å²) in [4.78, 5) is 28.1. The van der Waals surface area contributed by atoms with Crippen LogP contribution in [0.1, 0.15) is 36.6 Å². The van der Waals surface area contributed by atoms with Crippen LogP contribution in [-0.2, 0) is 12.8 Å². The zero-order valence-corrected chi connectivity index (χ0v) is 13.2. The summed E-state index contributed by atoms with van der Waals surface area (Å²) in [5.74, 6) is 0.616. The van der Waals surface area contributed by atoms with Gasteiger partial charge in [-0.1, -0.05) is 19.9 Å². The summed E-state index contributed by atoms with van der Waals surface area (Å²) >= 11 is 0. The van der Waals surface area contributed by atoms with Crippen LogP contribution in [0.4, 0.5) is 0 Å². The second-order valence-electron chi connectivity index (χ2n) is 5.74. The molecule has 118 valence electrons. The lowest BCUT2D eigenvalue weighted by Gasteiger charge is -2.13. The lowest BCUT2D eigenvalue weighted by atomic mass is 9.99. The van der Waals surface area contributed by atoms with E-state index < -0.39 is 0 Å². The Balaban J connectivity index is 1.97. The molecule has 0 aromatic carbocycles. The maximum absolute atomic E-state index is 12.5. The minimum absolute atomic E-state index is 0.0834. The molecule has 0 spiro atoms. The van der Waals surface area contributed by atoms with Crippen molar-refractivity contribution in [3.05, 3.63) is 70.4 Å². The molecule has 0 aliphatic rings. The molecule has 3 rings (SSSR count). The third-order valence-corrected chi connectivity index (χ3v) is 3.72. The summed E-state index contributed by atoms with van der Waals surface area (Å²) < 4.78 is 1.71. The van der Waals surface area contributed by atoms with Gasteiger partial charge in [0.2, 0.25) is 5.95 Å². The first kappa shape index (κ1) is 15.1. The predicted molar refractivity (Wildman–Crippen MR) is 87.7 cm³/mol. The molecule has 3 aromatic rings. The molecule has 3 aromatic heterocycles. The fraction of sp³-hybridized carbons (Fsp3) is 0.294. The molecule has 0 radical (unpaired) electrons. The van der Waals surface area contributed by atoms with Gasteiger partial charge in [0, 0.05) is 30.4 Å². The number of H-pyrrole nitrogens is 1. The minimum Gasteiger partial charge on any atom is -0.292 e. The normalized spacial score (nSPS) is 11.1. The van der Waals surface area contributed by atoms with Crippen molar-refractivity contribution >= 4 is 0 Å². The highest BCUT2D eigenvalue weighted by molar-refractivity contribution is 5.27. The van der Waals surface area contributed by atoms with Crippen molar-refractivity contribution in [1.82, 2.24) is 24.5 Å². The molecule has 3 heterocycles. The molecule has 23 heavy (non-hydrogen) atoms. The third-order valence-electron chi connectivity index (χ3n) is 3.72. The number of hydrogen-bond donors (Lipinski definition) is 1. The number of nitrogens with one attached hydrogen (secondary N) is 1. The van der Waals surface area contributed by atoms with Gasteiger partial charge in [-0.3, -0.25) is 19.3 Å². The smallest absolute Gasteiger partial charge is 0.256 e. The van der Waals surface area contributed by atoms with Gasteiger partial charge in [0.25, 0.3) is 5.56 Å². The summed E-state index contributed by atoms with van der Waals surface area (Å²) in [7, 11) is 0. The van der Waals surface area contributed by atoms with Crippen LogP contribution in [0.15, 0.2) is 48.0 Å². The van der Waals surface area contributed by atoms with E-state index in [9.17, 15) is 4.79 Å². The van der Waals surface area contributed by atoms with E-state index in [1.165, 1.54) is 0 Å². The topological polar surface area (TPSA) is 76.5 Å². The Hall–Kier alpha value is -2.76. The van der Waals surface area contributed by atoms with Crippen molar-refractivity contribution in [2.75, 3.05) is 0 Å². The van der Waals surface area contributed by atoms with Gasteiger partial charge in [0.15, 0.2) is 0 Å². The number of pyridine rings is 1. The van der Waals surface area contributed by atoms with E-state index >= 15 is 0 Å². The van der Waals surface area contributed by atoms with E-state index in [-0.39, 0.29) is 11.5 Å². The van der Waals surface area contributed by atoms with E-state index in [2.05, 4.69) is 19.9 Å². The Kier molecular flexibility index (Phi) is 4.32. The largest absolute Gasteiger partial charge is 0.292 e. The number of nitrogens with zero attached hydrogens (tertiary/aromatic N) is 4. The zero-order valence-electron chi connectivity index (χ0n) is 13.2. The number of aromatic amines is 1. The number of rotatable bonds is 5. The Morgan fingerprint density at radius 2 is 2.09 bits per heavy atom. The predicted octanol–water partition coefficient (Wildman–Crippen LogP) is 2.26. The van der Waals surface area contributed by atoms with Crippen LogP contribution < -0.4 is 5.56 Å². The number of imidazole rings is 1. The molecule has 6 nitrogen and oxygen atoms in total. The Bertz CT molecular complexity index is 822. The van der Waals surface area contributed by atoms with Crippen LogP contribution in [0.25, 0.3) is 5.95 Å². The summed E-state index contributed by atoms with van der Waals surface area (Å²) in [6.45, 7) is 4.02. The van der Waals surface area contributed by atoms with E-state index in [0.29, 0.717) is 12.4 Å². The molecule has 0 atom stereocenters. The molecular formula is C17H19N5O. The minimum atomic E-state index is -0.0834. The van der Waals surface area contributed by atoms with Gasteiger partial charge in [-0.05, 0) is 30.4 Å². The molecule has 6 heteroatoms. The molecule has 1 N–H and O–H groups in total. The maximum atomic E-state index is 12.5. The van der Waals surface area contributed by atoms with Crippen LogP contribution in [0.5, 0.6) is 0 Å². The first-order chi connectivity index (χ1) is 11.1. The van der Waals surface area contributed by atoms with Crippen LogP contribution in [0, 0.1) is 0 Å². The average molecular weight is 309 g/mol. The molecule has 0 aliphatic heterocycles. The second-order valence-corrected chi connectivity index (χ2v) is 5.74. The van der Waals surface area contributed by atoms with Gasteiger partial charge in [0.05, 0.1) is 5.69 Å². The highest BCUT2D eigenvalue weighted by atomic mass is 16.1. The first-order valence-electron chi connectivity index (χ1n) is 7.65. The van der Waals surface area contributed by atoms with Gasteiger partial charge >= 0.3 is 0 Å². The van der Waals surface area contributed by atoms with Crippen LogP contribution in [0.3, 0.4) is 0 Å². The number of aromatic nitrogens is 5. The van der Waals surface area contributed by atoms with Crippen LogP contribution in [0.2, 0.25) is 0 Å². The monoisotopic (exact) mass is 309 g/mol. The number of hydrogen-bond acceptors (Lipinski definition) is 4. The lowest BCUT2D eigenvalue weighted by molar-refractivity contribution is 0.757. The van der Waals surface area contributed by atoms with Gasteiger partial charge < -0.3 is 0 Å². The standard InChI is InChI=1S/C17H19N5O/c1-12(2)15-14(6-5-13-4-3-7-18-10-13)20-17(21-16(15)23)22-9-8-19-11-22/h3-4,7-12H,5-6H2,1-2H3,(H,20,21,23). The van der Waals surface area contributed by atoms with E-state index in [4.69, 9.17) is 0 Å². The Morgan fingerprint density at radius 3 is 2.74 bits per heavy atom. The Labute approximate surface area is 134 Å². The van der Waals surface area contributed by atoms with Crippen molar-refractivity contribution in [3.63, 3.8) is 0 Å². The fourth-order valence-corrected chi connectivity index (χ4v) is 2.62. The molecule has 0 amide bonds. The molecular weight excluding hydrogens is 290 g/mol. The van der Waals surface area contributed by atoms with Crippen molar-refractivity contribution in [2.24, 2.45) is 0 Å². The summed E-state index contributed by atoms with van der Waals surface area (Å²) in [6.07, 6.45) is 10.1. The van der Waals surface area contributed by atoms with Crippen molar-refractivity contribution in [2.45, 2.75) is 32.6 Å². The van der Waals surface area contributed by atoms with Gasteiger partial charge in [-0.25, -0.2) is 9.97 Å². The molecule has 0 fully saturated rings. The lowest BCUT2D eigenvalue weighted by Crippen LogP contribution is -2.22. The van der Waals surface area contributed by atoms with Crippen molar-refractivity contribution in [1.29, 1.82) is 0 Å². The van der Waals surface area contributed by atoms with Gasteiger partial charge in [0.1, 0.15) is 6.33 Å². The van der Waals surface area contributed by atoms with E-state index in [1.807, 2.05) is 32.2 Å². The highest BCUT2D eigenvalue weighted by Gasteiger charge is 2.15. The first-order valence-corrected chi connectivity index (χ1v) is 7.65. The molecule has 0 saturated heterocycles. The van der Waals surface area contributed by atoms with Crippen LogP contribution >= 0.6 is 0 Å². The highest BCUT2D eigenvalue weighted by Crippen LogP contribution is 2.16. The van der Waals surface area contributed by atoms with Gasteiger partial charge in [-0.15, -0.1) is 0 Å². The summed E-state index contributed by atoms with van der Waals surface area (Å²) in [5, 5.41) is 0. The van der Waals surface area contributed by atoms with Gasteiger partial charge in [-0.2, -0.15) is 0 Å². The second kappa shape index (κ2) is 6.56. The van der Waals surface area contributed by atoms with E-state index in [0.717, 1.165) is 23.2 Å². The van der Waals surface area contributed by atoms with Crippen molar-refractivity contribution in [3.8, 4) is 5.95 Å². The average Bonchev–Trinajstić information content (AvgIpc) is 3.07. The zero-order chi connectivity index (χ0) is 16.2. The molecule has 0 saturated carbocycles. The maximum Gasteiger partial charge on any atom is 0.256 e. The molecule has 0 aliphatic carbocycles. The third kappa shape index (κ3) is 3.36. The van der Waals surface area contributed by atoms with Crippen LogP contribution in [-0.4, -0.2) is 24.5 Å². The molecule has 0 unspecified atom stereocenters. The summed E-state index contributed by atoms with van der Waals surface area (Å²) in [5.41, 5.74) is 2.63.